The van der Waals surface area contributed by atoms with E-state index in [0.717, 1.165) is 5.56 Å². The Labute approximate surface area is 117 Å². The molecule has 0 heterocycles. The van der Waals surface area contributed by atoms with Gasteiger partial charge < -0.3 is 9.64 Å². The van der Waals surface area contributed by atoms with Gasteiger partial charge in [-0.25, -0.2) is 0 Å². The average Bonchev–Trinajstić information content (AvgIpc) is 2.43. The molecule has 0 fully saturated rings. The maximum Gasteiger partial charge on any atom is 0.325 e. The number of benzene rings is 1. The summed E-state index contributed by atoms with van der Waals surface area (Å²) in [5, 5.41) is 0.572. The van der Waals surface area contributed by atoms with Crippen molar-refractivity contribution >= 4 is 29.6 Å². The summed E-state index contributed by atoms with van der Waals surface area (Å²) in [6.45, 7) is 2.17. The number of amides is 1. The molecule has 0 saturated heterocycles. The highest BCUT2D eigenvalue weighted by molar-refractivity contribution is 6.32. The van der Waals surface area contributed by atoms with Crippen LogP contribution < -0.4 is 0 Å². The predicted octanol–water partition coefficient (Wildman–Crippen LogP) is 2.37. The van der Waals surface area contributed by atoms with Crippen LogP contribution in [0.1, 0.15) is 12.5 Å². The van der Waals surface area contributed by atoms with Gasteiger partial charge in [0.1, 0.15) is 6.54 Å². The molecule has 0 aliphatic carbocycles. The summed E-state index contributed by atoms with van der Waals surface area (Å²) in [6, 6.07) is 7.21. The van der Waals surface area contributed by atoms with Gasteiger partial charge in [0.2, 0.25) is 5.91 Å². The van der Waals surface area contributed by atoms with Crippen molar-refractivity contribution in [2.75, 3.05) is 20.2 Å². The third-order valence-corrected chi connectivity index (χ3v) is 2.90. The normalized spacial score (nSPS) is 10.5. The number of hydrogen-bond donors (Lipinski definition) is 0. The number of esters is 1. The van der Waals surface area contributed by atoms with Gasteiger partial charge in [0.05, 0.1) is 7.11 Å². The highest BCUT2D eigenvalue weighted by Crippen LogP contribution is 2.16. The smallest absolute Gasteiger partial charge is 0.325 e. The van der Waals surface area contributed by atoms with Gasteiger partial charge in [0.15, 0.2) is 0 Å². The average molecular weight is 282 g/mol. The fourth-order valence-corrected chi connectivity index (χ4v) is 1.64. The predicted molar refractivity (Wildman–Crippen MR) is 74.8 cm³/mol. The summed E-state index contributed by atoms with van der Waals surface area (Å²) in [7, 11) is 1.29. The van der Waals surface area contributed by atoms with E-state index in [-0.39, 0.29) is 12.5 Å². The second kappa shape index (κ2) is 7.59. The monoisotopic (exact) mass is 281 g/mol. The Morgan fingerprint density at radius 1 is 1.37 bits per heavy atom. The van der Waals surface area contributed by atoms with E-state index in [1.807, 2.05) is 18.2 Å². The van der Waals surface area contributed by atoms with Crippen molar-refractivity contribution in [2.45, 2.75) is 6.92 Å². The molecule has 0 aliphatic rings. The van der Waals surface area contributed by atoms with Gasteiger partial charge in [-0.15, -0.1) is 0 Å². The zero-order valence-corrected chi connectivity index (χ0v) is 11.7. The van der Waals surface area contributed by atoms with Crippen molar-refractivity contribution in [1.29, 1.82) is 0 Å². The molecule has 0 spiro atoms. The standard InChI is InChI=1S/C14H16ClNO3/c1-3-16(10-14(18)19-2)13(17)9-8-11-6-4-5-7-12(11)15/h4-9H,3,10H2,1-2H3. The molecule has 4 nitrogen and oxygen atoms in total. The molecule has 0 N–H and O–H groups in total. The highest BCUT2D eigenvalue weighted by Gasteiger charge is 2.13. The SMILES string of the molecule is CCN(CC(=O)OC)C(=O)C=Cc1ccccc1Cl. The van der Waals surface area contributed by atoms with E-state index in [2.05, 4.69) is 4.74 Å². The van der Waals surface area contributed by atoms with E-state index >= 15 is 0 Å². The van der Waals surface area contributed by atoms with Crippen molar-refractivity contribution in [3.05, 3.63) is 40.9 Å². The Hall–Kier alpha value is -1.81. The van der Waals surface area contributed by atoms with Crippen LogP contribution in [-0.4, -0.2) is 37.0 Å². The summed E-state index contributed by atoms with van der Waals surface area (Å²) in [6.07, 6.45) is 3.03. The van der Waals surface area contributed by atoms with Crippen LogP contribution in [0, 0.1) is 0 Å². The van der Waals surface area contributed by atoms with Crippen LogP contribution in [0.15, 0.2) is 30.3 Å². The lowest BCUT2D eigenvalue weighted by Gasteiger charge is -2.17. The number of likely N-dealkylation sites (N-methyl/N-ethyl adjacent to an activating group) is 1. The number of ether oxygens (including phenoxy) is 1. The van der Waals surface area contributed by atoms with Crippen LogP contribution in [0.25, 0.3) is 6.08 Å². The molecule has 1 rings (SSSR count). The minimum absolute atomic E-state index is 0.0569. The third-order valence-electron chi connectivity index (χ3n) is 2.55. The zero-order chi connectivity index (χ0) is 14.3. The molecule has 1 aromatic carbocycles. The molecule has 0 aliphatic heterocycles. The van der Waals surface area contributed by atoms with Crippen molar-refractivity contribution in [1.82, 2.24) is 4.90 Å². The maximum absolute atomic E-state index is 11.9. The second-order valence-electron chi connectivity index (χ2n) is 3.78. The van der Waals surface area contributed by atoms with Gasteiger partial charge >= 0.3 is 5.97 Å². The first-order valence-electron chi connectivity index (χ1n) is 5.86. The number of hydrogen-bond acceptors (Lipinski definition) is 3. The Balaban J connectivity index is 2.72. The number of carbonyl (C=O) groups excluding carboxylic acids is 2. The van der Waals surface area contributed by atoms with Gasteiger partial charge in [0.25, 0.3) is 0 Å². The van der Waals surface area contributed by atoms with E-state index in [1.165, 1.54) is 18.1 Å². The first-order valence-corrected chi connectivity index (χ1v) is 6.24. The summed E-state index contributed by atoms with van der Waals surface area (Å²) in [5.74, 6) is -0.700. The third kappa shape index (κ3) is 4.75. The molecule has 0 atom stereocenters. The quantitative estimate of drug-likeness (QED) is 0.615. The lowest BCUT2D eigenvalue weighted by molar-refractivity contribution is -0.145. The van der Waals surface area contributed by atoms with E-state index < -0.39 is 5.97 Å². The first-order chi connectivity index (χ1) is 9.08. The lowest BCUT2D eigenvalue weighted by Crippen LogP contribution is -2.34. The van der Waals surface area contributed by atoms with Crippen LogP contribution in [0.2, 0.25) is 5.02 Å². The van der Waals surface area contributed by atoms with Gasteiger partial charge in [-0.1, -0.05) is 29.8 Å². The molecule has 1 amide bonds. The van der Waals surface area contributed by atoms with Crippen LogP contribution >= 0.6 is 11.6 Å². The lowest BCUT2D eigenvalue weighted by atomic mass is 10.2. The molecule has 0 unspecified atom stereocenters. The largest absolute Gasteiger partial charge is 0.468 e. The second-order valence-corrected chi connectivity index (χ2v) is 4.19. The highest BCUT2D eigenvalue weighted by atomic mass is 35.5. The molecule has 5 heteroatoms. The van der Waals surface area contributed by atoms with Gasteiger partial charge in [0, 0.05) is 17.6 Å². The minimum atomic E-state index is -0.443. The van der Waals surface area contributed by atoms with E-state index in [4.69, 9.17) is 11.6 Å². The molecule has 1 aromatic rings. The fraction of sp³-hybridized carbons (Fsp3) is 0.286. The van der Waals surface area contributed by atoms with Crippen LogP contribution in [0.3, 0.4) is 0 Å². The molecule has 0 radical (unpaired) electrons. The Kier molecular flexibility index (Phi) is 6.09. The molecular formula is C14H16ClNO3. The van der Waals surface area contributed by atoms with E-state index in [9.17, 15) is 9.59 Å². The molecule has 0 bridgehead atoms. The fourth-order valence-electron chi connectivity index (χ4n) is 1.44. The Morgan fingerprint density at radius 2 is 2.05 bits per heavy atom. The Morgan fingerprint density at radius 3 is 2.63 bits per heavy atom. The number of carbonyl (C=O) groups is 2. The molecule has 102 valence electrons. The summed E-state index contributed by atoms with van der Waals surface area (Å²) >= 11 is 5.98. The van der Waals surface area contributed by atoms with Crippen molar-refractivity contribution in [2.24, 2.45) is 0 Å². The van der Waals surface area contributed by atoms with Crippen LogP contribution in [-0.2, 0) is 14.3 Å². The van der Waals surface area contributed by atoms with Crippen molar-refractivity contribution < 1.29 is 14.3 Å². The summed E-state index contributed by atoms with van der Waals surface area (Å²) < 4.78 is 4.54. The number of halogens is 1. The molecule has 19 heavy (non-hydrogen) atoms. The topological polar surface area (TPSA) is 46.6 Å². The van der Waals surface area contributed by atoms with Gasteiger partial charge in [-0.3, -0.25) is 9.59 Å². The van der Waals surface area contributed by atoms with Crippen molar-refractivity contribution in [3.63, 3.8) is 0 Å². The van der Waals surface area contributed by atoms with Crippen LogP contribution in [0.4, 0.5) is 0 Å². The van der Waals surface area contributed by atoms with E-state index in [0.29, 0.717) is 11.6 Å². The number of methoxy groups -OCH3 is 1. The van der Waals surface area contributed by atoms with Gasteiger partial charge in [-0.2, -0.15) is 0 Å². The van der Waals surface area contributed by atoms with Crippen LogP contribution in [0.5, 0.6) is 0 Å². The molecule has 0 aromatic heterocycles. The molecule has 0 saturated carbocycles. The summed E-state index contributed by atoms with van der Waals surface area (Å²) in [5.41, 5.74) is 0.756. The van der Waals surface area contributed by atoms with Gasteiger partial charge in [-0.05, 0) is 24.6 Å². The Bertz CT molecular complexity index is 485. The van der Waals surface area contributed by atoms with E-state index in [1.54, 1.807) is 19.1 Å². The zero-order valence-electron chi connectivity index (χ0n) is 10.9. The van der Waals surface area contributed by atoms with Crippen molar-refractivity contribution in [3.8, 4) is 0 Å². The number of rotatable bonds is 5. The minimum Gasteiger partial charge on any atom is -0.468 e. The molecular weight excluding hydrogens is 266 g/mol. The maximum atomic E-state index is 11.9. The first kappa shape index (κ1) is 15.2. The number of nitrogens with zero attached hydrogens (tertiary/aromatic N) is 1. The summed E-state index contributed by atoms with van der Waals surface area (Å²) in [4.78, 5) is 24.4.